The molecule has 1 aromatic rings. The molecule has 7 atom stereocenters. The molecule has 6 rings (SSSR count). The van der Waals surface area contributed by atoms with Gasteiger partial charge in [-0.2, -0.15) is 0 Å². The molecule has 53 heavy (non-hydrogen) atoms. The van der Waals surface area contributed by atoms with E-state index in [0.29, 0.717) is 50.4 Å². The van der Waals surface area contributed by atoms with Crippen LogP contribution in [-0.2, 0) is 38.1 Å². The van der Waals surface area contributed by atoms with Gasteiger partial charge in [-0.3, -0.25) is 24.4 Å². The van der Waals surface area contributed by atoms with Gasteiger partial charge in [-0.1, -0.05) is 13.8 Å². The molecule has 11 heteroatoms. The molecule has 11 nitrogen and oxygen atoms in total. The van der Waals surface area contributed by atoms with E-state index < -0.39 is 51.1 Å². The zero-order chi connectivity index (χ0) is 38.9. The van der Waals surface area contributed by atoms with E-state index in [4.69, 9.17) is 18.9 Å². The lowest BCUT2D eigenvalue weighted by molar-refractivity contribution is -0.226. The number of aromatic nitrogens is 2. The topological polar surface area (TPSA) is 151 Å². The van der Waals surface area contributed by atoms with Gasteiger partial charge in [-0.05, 0) is 137 Å². The van der Waals surface area contributed by atoms with Crippen molar-refractivity contribution >= 4 is 23.9 Å². The van der Waals surface area contributed by atoms with Crippen molar-refractivity contribution in [1.82, 2.24) is 9.97 Å². The number of hydrogen-bond donors (Lipinski definition) is 1. The first-order chi connectivity index (χ1) is 24.7. The minimum Gasteiger partial charge on any atom is -0.463 e. The summed E-state index contributed by atoms with van der Waals surface area (Å²) < 4.78 is 23.4. The predicted molar refractivity (Wildman–Crippen MR) is 197 cm³/mol. The fourth-order valence-electron chi connectivity index (χ4n) is 9.59. The van der Waals surface area contributed by atoms with Gasteiger partial charge in [-0.15, -0.1) is 0 Å². The lowest BCUT2D eigenvalue weighted by atomic mass is 9.52. The average Bonchev–Trinajstić information content (AvgIpc) is 3.48. The highest BCUT2D eigenvalue weighted by Gasteiger charge is 2.60. The summed E-state index contributed by atoms with van der Waals surface area (Å²) >= 11 is 0. The van der Waals surface area contributed by atoms with Gasteiger partial charge in [0, 0.05) is 37.4 Å². The summed E-state index contributed by atoms with van der Waals surface area (Å²) in [6.45, 7) is 15.4. The van der Waals surface area contributed by atoms with Crippen LogP contribution in [0.2, 0.25) is 0 Å². The molecule has 296 valence electrons. The Morgan fingerprint density at radius 2 is 1.51 bits per heavy atom. The van der Waals surface area contributed by atoms with E-state index in [-0.39, 0.29) is 43.7 Å². The number of rotatable bonds is 17. The number of nitrogens with zero attached hydrogens (tertiary/aromatic N) is 2. The molecule has 2 heterocycles. The third-order valence-corrected chi connectivity index (χ3v) is 13.1. The highest BCUT2D eigenvalue weighted by atomic mass is 16.6. The van der Waals surface area contributed by atoms with Crippen LogP contribution in [0.4, 0.5) is 0 Å². The molecule has 4 bridgehead atoms. The molecule has 5 aliphatic rings. The summed E-state index contributed by atoms with van der Waals surface area (Å²) in [6.07, 6.45) is 12.8. The first-order valence-corrected chi connectivity index (χ1v) is 20.1. The van der Waals surface area contributed by atoms with Gasteiger partial charge in [0.2, 0.25) is 6.10 Å². The maximum absolute atomic E-state index is 14.2. The third-order valence-electron chi connectivity index (χ3n) is 13.1. The van der Waals surface area contributed by atoms with Crippen molar-refractivity contribution in [3.05, 3.63) is 24.3 Å². The van der Waals surface area contributed by atoms with Crippen molar-refractivity contribution in [3.63, 3.8) is 0 Å². The fraction of sp³-hybridized carbons (Fsp3) is 0.810. The Balaban J connectivity index is 1.36. The number of ether oxygens (including phenoxy) is 4. The molecule has 5 fully saturated rings. The lowest BCUT2D eigenvalue weighted by Crippen LogP contribution is -2.61. The maximum atomic E-state index is 14.2. The van der Waals surface area contributed by atoms with Crippen molar-refractivity contribution in [1.29, 1.82) is 0 Å². The largest absolute Gasteiger partial charge is 0.463 e. The molecule has 1 aliphatic heterocycles. The molecule has 1 saturated heterocycles. The average molecular weight is 741 g/mol. The van der Waals surface area contributed by atoms with Crippen molar-refractivity contribution in [2.24, 2.45) is 28.1 Å². The Morgan fingerprint density at radius 3 is 2.02 bits per heavy atom. The third kappa shape index (κ3) is 9.60. The van der Waals surface area contributed by atoms with Gasteiger partial charge in [0.25, 0.3) is 0 Å². The van der Waals surface area contributed by atoms with Gasteiger partial charge in [0.15, 0.2) is 0 Å². The van der Waals surface area contributed by atoms with E-state index in [1.54, 1.807) is 18.6 Å². The highest BCUT2D eigenvalue weighted by Crippen LogP contribution is 2.59. The van der Waals surface area contributed by atoms with E-state index in [9.17, 15) is 24.3 Å². The van der Waals surface area contributed by atoms with E-state index in [1.807, 2.05) is 48.5 Å². The monoisotopic (exact) mass is 740 g/mol. The zero-order valence-electron chi connectivity index (χ0n) is 33.5. The zero-order valence-corrected chi connectivity index (χ0v) is 33.5. The molecule has 0 amide bonds. The smallest absolute Gasteiger partial charge is 0.347 e. The SMILES string of the molecule is CCC(CCC(C)(CCC(C)(CCC(C)(CC)C(=O)OC12CC3CC(CC(O)(C3)C1)C2)C(=O)OC1CCOC1=O)C(=O)OC(C)(C)C)c1cnccn1. The van der Waals surface area contributed by atoms with Gasteiger partial charge in [0.05, 0.1) is 34.1 Å². The second-order valence-electron chi connectivity index (χ2n) is 18.9. The van der Waals surface area contributed by atoms with E-state index >= 15 is 0 Å². The first-order valence-electron chi connectivity index (χ1n) is 20.1. The Labute approximate surface area is 316 Å². The predicted octanol–water partition coefficient (Wildman–Crippen LogP) is 7.57. The van der Waals surface area contributed by atoms with Crippen LogP contribution in [0.3, 0.4) is 0 Å². The van der Waals surface area contributed by atoms with Gasteiger partial charge < -0.3 is 24.1 Å². The highest BCUT2D eigenvalue weighted by molar-refractivity contribution is 5.83. The molecule has 0 spiro atoms. The Hall–Kier alpha value is -3.08. The van der Waals surface area contributed by atoms with E-state index in [1.165, 1.54) is 0 Å². The summed E-state index contributed by atoms with van der Waals surface area (Å²) in [5.74, 6) is -0.921. The van der Waals surface area contributed by atoms with E-state index in [2.05, 4.69) is 16.9 Å². The Bertz CT molecular complexity index is 1480. The van der Waals surface area contributed by atoms with Crippen molar-refractivity contribution in [3.8, 4) is 0 Å². The molecule has 4 saturated carbocycles. The van der Waals surface area contributed by atoms with Crippen LogP contribution in [0.25, 0.3) is 0 Å². The van der Waals surface area contributed by atoms with Crippen LogP contribution in [-0.4, -0.2) is 68.5 Å². The van der Waals surface area contributed by atoms with Crippen LogP contribution >= 0.6 is 0 Å². The normalized spacial score (nSPS) is 30.4. The van der Waals surface area contributed by atoms with Crippen LogP contribution in [0.15, 0.2) is 18.6 Å². The fourth-order valence-corrected chi connectivity index (χ4v) is 9.59. The van der Waals surface area contributed by atoms with Crippen LogP contribution < -0.4 is 0 Å². The molecular weight excluding hydrogens is 676 g/mol. The van der Waals surface area contributed by atoms with E-state index in [0.717, 1.165) is 44.2 Å². The molecule has 7 unspecified atom stereocenters. The van der Waals surface area contributed by atoms with Gasteiger partial charge in [-0.25, -0.2) is 4.79 Å². The van der Waals surface area contributed by atoms with Crippen LogP contribution in [0, 0.1) is 28.1 Å². The van der Waals surface area contributed by atoms with Crippen molar-refractivity contribution < 1.29 is 43.2 Å². The minimum absolute atomic E-state index is 0.0844. The molecule has 1 aromatic heterocycles. The number of hydrogen-bond acceptors (Lipinski definition) is 11. The standard InChI is InChI=1S/C42H64N2O9/c1-9-30(31-26-43-18-19-44-31)11-13-39(7,36(48)52-37(3,4)5)16-17-40(8,34(46)51-32-12-20-50-33(32)45)15-14-38(6,10-2)35(47)53-42-24-28-21-29(25-42)23-41(49,22-28)27-42/h18-19,26,28-30,32,49H,9-17,20-25,27H2,1-8H3. The number of cyclic esters (lactones) is 1. The second-order valence-corrected chi connectivity index (χ2v) is 18.9. The quantitative estimate of drug-likeness (QED) is 0.124. The molecular formula is C42H64N2O9. The summed E-state index contributed by atoms with van der Waals surface area (Å²) in [5, 5.41) is 11.3. The van der Waals surface area contributed by atoms with Crippen molar-refractivity contribution in [2.45, 2.75) is 181 Å². The summed E-state index contributed by atoms with van der Waals surface area (Å²) in [5.41, 5.74) is -4.26. The Kier molecular flexibility index (Phi) is 12.1. The van der Waals surface area contributed by atoms with Crippen molar-refractivity contribution in [2.75, 3.05) is 6.61 Å². The lowest BCUT2D eigenvalue weighted by Gasteiger charge is -2.59. The van der Waals surface area contributed by atoms with Crippen LogP contribution in [0.1, 0.15) is 163 Å². The number of carbonyl (C=O) groups excluding carboxylic acids is 4. The molecule has 0 radical (unpaired) electrons. The molecule has 4 aliphatic carbocycles. The number of aliphatic hydroxyl groups is 1. The molecule has 0 aromatic carbocycles. The van der Waals surface area contributed by atoms with Gasteiger partial charge >= 0.3 is 23.9 Å². The summed E-state index contributed by atoms with van der Waals surface area (Å²) in [4.78, 5) is 63.5. The Morgan fingerprint density at radius 1 is 0.887 bits per heavy atom. The van der Waals surface area contributed by atoms with Gasteiger partial charge in [0.1, 0.15) is 11.2 Å². The minimum atomic E-state index is -1.15. The molecule has 1 N–H and O–H groups in total. The van der Waals surface area contributed by atoms with Crippen LogP contribution in [0.5, 0.6) is 0 Å². The number of carbonyl (C=O) groups is 4. The number of esters is 4. The second kappa shape index (κ2) is 15.6. The summed E-state index contributed by atoms with van der Waals surface area (Å²) in [7, 11) is 0. The maximum Gasteiger partial charge on any atom is 0.347 e. The summed E-state index contributed by atoms with van der Waals surface area (Å²) in [6, 6.07) is 0. The first kappa shape index (κ1) is 41.1.